The normalized spacial score (nSPS) is 0. The van der Waals surface area contributed by atoms with E-state index in [0.29, 0.717) is 0 Å². The van der Waals surface area contributed by atoms with Crippen LogP contribution in [0.4, 0.5) is 23.5 Å². The summed E-state index contributed by atoms with van der Waals surface area (Å²) >= 11 is 0. The molecule has 0 unspecified atom stereocenters. The third-order valence-corrected chi connectivity index (χ3v) is 0. The van der Waals surface area contributed by atoms with Crippen molar-refractivity contribution in [3.63, 3.8) is 0 Å². The van der Waals surface area contributed by atoms with Crippen LogP contribution in [-0.4, -0.2) is 0 Å². The van der Waals surface area contributed by atoms with Gasteiger partial charge in [-0.1, -0.05) is 0 Å². The predicted octanol–water partition coefficient (Wildman–Crippen LogP) is 0.760. The predicted molar refractivity (Wildman–Crippen MR) is 12.5 cm³/mol. The van der Waals surface area contributed by atoms with E-state index in [9.17, 15) is 0 Å². The van der Waals surface area contributed by atoms with Gasteiger partial charge in [0.05, 0.1) is 0 Å². The second kappa shape index (κ2) is 878. The van der Waals surface area contributed by atoms with Gasteiger partial charge in [-0.3, -0.25) is 23.5 Å². The number of rotatable bonds is 0. The van der Waals surface area contributed by atoms with Crippen LogP contribution in [0.25, 0.3) is 0 Å². The van der Waals surface area contributed by atoms with Gasteiger partial charge >= 0.3 is 0 Å². The summed E-state index contributed by atoms with van der Waals surface area (Å²) in [6.45, 7) is 0. The first-order chi connectivity index (χ1) is 0. The van der Waals surface area contributed by atoms with Crippen molar-refractivity contribution >= 4 is 0 Å². The van der Waals surface area contributed by atoms with Gasteiger partial charge in [0.2, 0.25) is 0 Å². The maximum absolute atomic E-state index is 0. The topological polar surface area (TPSA) is 0 Å². The van der Waals surface area contributed by atoms with Gasteiger partial charge in [0.1, 0.15) is 0 Å². The fourth-order valence-corrected chi connectivity index (χ4v) is 0. The molecule has 0 rings (SSSR count). The second-order valence-electron chi connectivity index (χ2n) is 0. The van der Waals surface area contributed by atoms with Crippen LogP contribution in [0, 0.1) is 0 Å². The van der Waals surface area contributed by atoms with E-state index in [1.165, 1.54) is 0 Å². The molecule has 0 radical (unpaired) electrons. The smallest absolute Gasteiger partial charge is 0 e. The molecule has 0 atom stereocenters. The van der Waals surface area contributed by atoms with Crippen molar-refractivity contribution in [1.29, 1.82) is 0 Å². The minimum Gasteiger partial charge on any atom is -0.269 e. The molecule has 0 saturated carbocycles. The Hall–Kier alpha value is 0.338. The first kappa shape index (κ1) is 1580. The molecule has 0 nitrogen and oxygen atoms in total. The minimum absolute atomic E-state index is 0. The Bertz CT molecular complexity index is 3.90. The Kier molecular flexibility index (Phi) is 231000. The van der Waals surface area contributed by atoms with Gasteiger partial charge in [0.15, 0.2) is 0 Å². The fourth-order valence-electron chi connectivity index (χ4n) is 0. The maximum atomic E-state index is 0. The van der Waals surface area contributed by atoms with E-state index in [1.807, 2.05) is 0 Å². The van der Waals surface area contributed by atoms with Gasteiger partial charge in [-0.2, -0.15) is 0 Å². The molecule has 0 aromatic heterocycles. The summed E-state index contributed by atoms with van der Waals surface area (Å²) in [4.78, 5) is 0. The molecule has 0 aromatic rings. The average Bonchev–Trinajstić information content (AvgIpc) is 0. The summed E-state index contributed by atoms with van der Waals surface area (Å²) in [5, 5.41) is 0. The molecule has 0 heterocycles. The van der Waals surface area contributed by atoms with Crippen LogP contribution >= 0.6 is 0 Å². The van der Waals surface area contributed by atoms with Gasteiger partial charge in [-0.25, -0.2) is 0 Å². The second-order valence-corrected chi connectivity index (χ2v) is 0. The van der Waals surface area contributed by atoms with E-state index in [2.05, 4.69) is 0 Å². The Labute approximate surface area is 45.4 Å². The van der Waals surface area contributed by atoms with Crippen molar-refractivity contribution in [3.8, 4) is 0 Å². The van der Waals surface area contributed by atoms with Crippen LogP contribution in [0.15, 0.2) is 0 Å². The molecule has 0 aliphatic heterocycles. The molecule has 6 heteroatoms. The molecule has 46 valence electrons. The van der Waals surface area contributed by atoms with Gasteiger partial charge in [0, 0.05) is 21.1 Å². The van der Waals surface area contributed by atoms with E-state index < -0.39 is 0 Å². The third-order valence-electron chi connectivity index (χ3n) is 0. The van der Waals surface area contributed by atoms with Crippen LogP contribution in [0.5, 0.6) is 0 Å². The molecule has 0 N–H and O–H groups in total. The summed E-state index contributed by atoms with van der Waals surface area (Å²) in [5.74, 6) is 0. The van der Waals surface area contributed by atoms with E-state index in [4.69, 9.17) is 0 Å². The van der Waals surface area contributed by atoms with Crippen LogP contribution in [0.3, 0.4) is 0 Å². The average molecular weight is 284 g/mol. The molecule has 0 amide bonds. The van der Waals surface area contributed by atoms with Crippen molar-refractivity contribution in [2.75, 3.05) is 0 Å². The molecular formula is H5F5W. The van der Waals surface area contributed by atoms with E-state index >= 15 is 0 Å². The van der Waals surface area contributed by atoms with Crippen molar-refractivity contribution in [2.45, 2.75) is 0 Å². The largest absolute Gasteiger partial charge is 0.269 e. The fraction of sp³-hybridized carbons (Fsp3) is 0. The van der Waals surface area contributed by atoms with E-state index in [-0.39, 0.29) is 44.6 Å². The summed E-state index contributed by atoms with van der Waals surface area (Å²) < 4.78 is 0. The Morgan fingerprint density at radius 1 is 0.333 bits per heavy atom. The molecule has 0 saturated heterocycles. The Balaban J connectivity index is 0. The molecule has 6 heavy (non-hydrogen) atoms. The van der Waals surface area contributed by atoms with E-state index in [1.54, 1.807) is 0 Å². The third kappa shape index (κ3) is 422. The molecule has 0 bridgehead atoms. The van der Waals surface area contributed by atoms with Gasteiger partial charge in [-0.15, -0.1) is 0 Å². The van der Waals surface area contributed by atoms with Crippen LogP contribution < -0.4 is 0 Å². The first-order valence-electron chi connectivity index (χ1n) is 0. The minimum atomic E-state index is 0. The van der Waals surface area contributed by atoms with Gasteiger partial charge in [-0.05, 0) is 0 Å². The quantitative estimate of drug-likeness (QED) is 0.576. The van der Waals surface area contributed by atoms with Crippen LogP contribution in [-0.2, 0) is 21.1 Å². The molecule has 0 aromatic carbocycles. The zero-order chi connectivity index (χ0) is 0. The number of hydrogen-bond acceptors (Lipinski definition) is 0. The number of hydrogen-bond donors (Lipinski definition) is 0. The number of halogens is 5. The molecule has 0 aliphatic rings. The molecule has 0 spiro atoms. The summed E-state index contributed by atoms with van der Waals surface area (Å²) in [7, 11) is 0. The van der Waals surface area contributed by atoms with Gasteiger partial charge in [0.25, 0.3) is 0 Å². The molecular weight excluding hydrogens is 279 g/mol. The Morgan fingerprint density at radius 3 is 0.333 bits per heavy atom. The van der Waals surface area contributed by atoms with Crippen LogP contribution in [0.2, 0.25) is 0 Å². The standard InChI is InChI=1S/5FH.W/h5*1H;. The summed E-state index contributed by atoms with van der Waals surface area (Å²) in [6.07, 6.45) is 0. The zero-order valence-electron chi connectivity index (χ0n) is 2.45. The van der Waals surface area contributed by atoms with Crippen molar-refractivity contribution in [2.24, 2.45) is 0 Å². The van der Waals surface area contributed by atoms with Crippen molar-refractivity contribution < 1.29 is 44.6 Å². The molecule has 0 fully saturated rings. The van der Waals surface area contributed by atoms with Crippen molar-refractivity contribution in [3.05, 3.63) is 0 Å². The zero-order valence-corrected chi connectivity index (χ0v) is 5.38. The monoisotopic (exact) mass is 284 g/mol. The SMILES string of the molecule is F.F.F.F.F.[W]. The molecule has 0 aliphatic carbocycles. The first-order valence-corrected chi connectivity index (χ1v) is 0. The summed E-state index contributed by atoms with van der Waals surface area (Å²) in [6, 6.07) is 0. The van der Waals surface area contributed by atoms with E-state index in [0.717, 1.165) is 0 Å². The Morgan fingerprint density at radius 2 is 0.333 bits per heavy atom. The summed E-state index contributed by atoms with van der Waals surface area (Å²) in [5.41, 5.74) is 0. The maximum Gasteiger partial charge on any atom is 0 e. The van der Waals surface area contributed by atoms with Gasteiger partial charge < -0.3 is 0 Å². The van der Waals surface area contributed by atoms with Crippen LogP contribution in [0.1, 0.15) is 0 Å². The van der Waals surface area contributed by atoms with Crippen molar-refractivity contribution in [1.82, 2.24) is 0 Å².